The van der Waals surface area contributed by atoms with Crippen LogP contribution < -0.4 is 9.46 Å². The maximum absolute atomic E-state index is 13.3. The first-order valence-corrected chi connectivity index (χ1v) is 14.0. The number of sulfonamides is 2. The molecule has 0 saturated carbocycles. The lowest BCUT2D eigenvalue weighted by Gasteiger charge is -2.25. The summed E-state index contributed by atoms with van der Waals surface area (Å²) >= 11 is 0. The molecule has 0 aliphatic carbocycles. The normalized spacial score (nSPS) is 14.3. The molecular formula is C24H21N3O8S2. The monoisotopic (exact) mass is 543 g/mol. The molecule has 3 aromatic carbocycles. The van der Waals surface area contributed by atoms with Crippen molar-refractivity contribution in [1.29, 1.82) is 0 Å². The topological polar surface area (TPSA) is 149 Å². The Morgan fingerprint density at radius 3 is 2.43 bits per heavy atom. The molecule has 13 heteroatoms. The molecule has 1 N–H and O–H groups in total. The highest BCUT2D eigenvalue weighted by atomic mass is 32.2. The van der Waals surface area contributed by atoms with Crippen molar-refractivity contribution in [2.45, 2.75) is 22.8 Å². The second kappa shape index (κ2) is 9.18. The van der Waals surface area contributed by atoms with Gasteiger partial charge >= 0.3 is 0 Å². The zero-order chi connectivity index (χ0) is 26.4. The molecule has 0 radical (unpaired) electrons. The fraction of sp³-hybridized carbons (Fsp3) is 0.167. The minimum absolute atomic E-state index is 0.0539. The van der Waals surface area contributed by atoms with Crippen LogP contribution in [0.4, 0.5) is 11.4 Å². The summed E-state index contributed by atoms with van der Waals surface area (Å²) in [5, 5.41) is 12.0. The van der Waals surface area contributed by atoms with E-state index in [0.717, 1.165) is 10.4 Å². The summed E-state index contributed by atoms with van der Waals surface area (Å²) < 4.78 is 67.3. The van der Waals surface area contributed by atoms with Crippen LogP contribution >= 0.6 is 0 Å². The number of fused-ring (bicyclic) bond motifs is 3. The Bertz CT molecular complexity index is 1730. The molecule has 0 spiro atoms. The molecule has 192 valence electrons. The summed E-state index contributed by atoms with van der Waals surface area (Å²) in [5.74, 6) is 0.621. The third-order valence-electron chi connectivity index (χ3n) is 6.08. The molecule has 37 heavy (non-hydrogen) atoms. The molecule has 1 aliphatic rings. The second-order valence-electron chi connectivity index (χ2n) is 8.29. The highest BCUT2D eigenvalue weighted by molar-refractivity contribution is 7.92. The van der Waals surface area contributed by atoms with Crippen LogP contribution in [-0.4, -0.2) is 39.7 Å². The maximum Gasteiger partial charge on any atom is 0.289 e. The molecule has 5 rings (SSSR count). The van der Waals surface area contributed by atoms with Crippen molar-refractivity contribution in [3.8, 4) is 5.75 Å². The predicted octanol–water partition coefficient (Wildman–Crippen LogP) is 3.90. The zero-order valence-corrected chi connectivity index (χ0v) is 21.1. The van der Waals surface area contributed by atoms with Crippen LogP contribution in [0.2, 0.25) is 0 Å². The first kappa shape index (κ1) is 24.7. The van der Waals surface area contributed by atoms with E-state index in [1.807, 2.05) is 0 Å². The summed E-state index contributed by atoms with van der Waals surface area (Å²) in [6.07, 6.45) is 0.250. The standard InChI is InChI=1S/C24H21N3O8S2/c1-34-21-14-16(25-36(30,31)17-7-3-2-4-8-17)13-19-18-11-12-26(15-22(18)35-24(19)21)37(32,33)23-10-6-5-9-20(23)27(28)29/h2-10,13-14,25H,11-12,15H2,1H3. The maximum atomic E-state index is 13.3. The number of methoxy groups -OCH3 is 1. The third kappa shape index (κ3) is 4.41. The Hall–Kier alpha value is -3.94. The van der Waals surface area contributed by atoms with Crippen molar-refractivity contribution >= 4 is 42.4 Å². The number of rotatable bonds is 7. The van der Waals surface area contributed by atoms with Crippen molar-refractivity contribution in [2.75, 3.05) is 18.4 Å². The molecule has 0 atom stereocenters. The van der Waals surface area contributed by atoms with Gasteiger partial charge in [0.1, 0.15) is 5.76 Å². The molecular weight excluding hydrogens is 522 g/mol. The van der Waals surface area contributed by atoms with Gasteiger partial charge in [0, 0.05) is 29.6 Å². The molecule has 1 aromatic heterocycles. The summed E-state index contributed by atoms with van der Waals surface area (Å²) in [6, 6.07) is 16.2. The van der Waals surface area contributed by atoms with Gasteiger partial charge in [-0.1, -0.05) is 30.3 Å². The summed E-state index contributed by atoms with van der Waals surface area (Å²) in [7, 11) is -6.63. The zero-order valence-electron chi connectivity index (χ0n) is 19.4. The van der Waals surface area contributed by atoms with Crippen LogP contribution in [0.5, 0.6) is 5.75 Å². The number of anilines is 1. The average molecular weight is 544 g/mol. The fourth-order valence-corrected chi connectivity index (χ4v) is 6.95. The molecule has 11 nitrogen and oxygen atoms in total. The number of nitro benzene ring substituents is 1. The SMILES string of the molecule is COc1cc(NS(=O)(=O)c2ccccc2)cc2c3c(oc12)CN(S(=O)(=O)c1ccccc1[N+](=O)[O-])CC3. The van der Waals surface area contributed by atoms with Gasteiger partial charge in [-0.05, 0) is 30.7 Å². The smallest absolute Gasteiger partial charge is 0.289 e. The van der Waals surface area contributed by atoms with Crippen molar-refractivity contribution in [1.82, 2.24) is 4.31 Å². The quantitative estimate of drug-likeness (QED) is 0.272. The number of hydrogen-bond acceptors (Lipinski definition) is 8. The molecule has 2 heterocycles. The van der Waals surface area contributed by atoms with Gasteiger partial charge in [-0.2, -0.15) is 4.31 Å². The first-order valence-electron chi connectivity index (χ1n) is 11.1. The van der Waals surface area contributed by atoms with E-state index >= 15 is 0 Å². The fourth-order valence-electron chi connectivity index (χ4n) is 4.34. The van der Waals surface area contributed by atoms with Crippen molar-refractivity contribution in [3.63, 3.8) is 0 Å². The van der Waals surface area contributed by atoms with Crippen LogP contribution in [0.1, 0.15) is 11.3 Å². The van der Waals surface area contributed by atoms with Crippen LogP contribution in [0, 0.1) is 10.1 Å². The van der Waals surface area contributed by atoms with Gasteiger partial charge in [-0.15, -0.1) is 0 Å². The predicted molar refractivity (Wildman–Crippen MR) is 134 cm³/mol. The molecule has 0 bridgehead atoms. The Kier molecular flexibility index (Phi) is 6.14. The van der Waals surface area contributed by atoms with Crippen LogP contribution in [0.15, 0.2) is 80.9 Å². The number of nitrogens with zero attached hydrogens (tertiary/aromatic N) is 2. The average Bonchev–Trinajstić information content (AvgIpc) is 3.26. The largest absolute Gasteiger partial charge is 0.493 e. The van der Waals surface area contributed by atoms with Crippen LogP contribution in [0.25, 0.3) is 11.0 Å². The van der Waals surface area contributed by atoms with Crippen LogP contribution in [0.3, 0.4) is 0 Å². The molecule has 0 amide bonds. The second-order valence-corrected chi connectivity index (χ2v) is 11.9. The number of para-hydroxylation sites is 1. The third-order valence-corrected chi connectivity index (χ3v) is 9.37. The van der Waals surface area contributed by atoms with Gasteiger partial charge in [-0.3, -0.25) is 14.8 Å². The Labute approximate surface area is 212 Å². The molecule has 4 aromatic rings. The van der Waals surface area contributed by atoms with E-state index in [-0.39, 0.29) is 35.8 Å². The molecule has 1 aliphatic heterocycles. The number of nitrogens with one attached hydrogen (secondary N) is 1. The molecule has 0 unspecified atom stereocenters. The lowest BCUT2D eigenvalue weighted by molar-refractivity contribution is -0.387. The lowest BCUT2D eigenvalue weighted by atomic mass is 10.0. The van der Waals surface area contributed by atoms with E-state index in [9.17, 15) is 26.9 Å². The minimum atomic E-state index is -4.19. The van der Waals surface area contributed by atoms with Crippen molar-refractivity contribution in [3.05, 3.63) is 88.2 Å². The Morgan fingerprint density at radius 1 is 1.03 bits per heavy atom. The van der Waals surface area contributed by atoms with Gasteiger partial charge in [0.05, 0.1) is 29.2 Å². The summed E-state index contributed by atoms with van der Waals surface area (Å²) in [4.78, 5) is 10.4. The molecule has 0 fully saturated rings. The summed E-state index contributed by atoms with van der Waals surface area (Å²) in [6.45, 7) is -0.0923. The molecule has 0 saturated heterocycles. The Morgan fingerprint density at radius 2 is 1.73 bits per heavy atom. The number of benzene rings is 3. The van der Waals surface area contributed by atoms with Crippen molar-refractivity contribution in [2.24, 2.45) is 0 Å². The van der Waals surface area contributed by atoms with E-state index < -0.39 is 35.6 Å². The number of ether oxygens (including phenoxy) is 1. The first-order chi connectivity index (χ1) is 17.6. The van der Waals surface area contributed by atoms with Gasteiger partial charge in [0.2, 0.25) is 10.0 Å². The summed E-state index contributed by atoms with van der Waals surface area (Å²) in [5.41, 5.74) is 0.810. The van der Waals surface area contributed by atoms with Gasteiger partial charge in [-0.25, -0.2) is 16.8 Å². The van der Waals surface area contributed by atoms with E-state index in [1.165, 1.54) is 43.5 Å². The van der Waals surface area contributed by atoms with Gasteiger partial charge in [0.25, 0.3) is 15.7 Å². The number of furan rings is 1. The van der Waals surface area contributed by atoms with Gasteiger partial charge in [0.15, 0.2) is 16.2 Å². The van der Waals surface area contributed by atoms with E-state index in [1.54, 1.807) is 24.3 Å². The van der Waals surface area contributed by atoms with E-state index in [0.29, 0.717) is 22.3 Å². The van der Waals surface area contributed by atoms with Crippen molar-refractivity contribution < 1.29 is 30.9 Å². The van der Waals surface area contributed by atoms with E-state index in [4.69, 9.17) is 9.15 Å². The number of hydrogen-bond donors (Lipinski definition) is 1. The van der Waals surface area contributed by atoms with Gasteiger partial charge < -0.3 is 9.15 Å². The highest BCUT2D eigenvalue weighted by Crippen LogP contribution is 2.40. The lowest BCUT2D eigenvalue weighted by Crippen LogP contribution is -2.35. The minimum Gasteiger partial charge on any atom is -0.493 e. The Balaban J connectivity index is 1.52. The highest BCUT2D eigenvalue weighted by Gasteiger charge is 2.36. The van der Waals surface area contributed by atoms with Crippen LogP contribution in [-0.2, 0) is 33.0 Å². The number of nitro groups is 1. The van der Waals surface area contributed by atoms with E-state index in [2.05, 4.69) is 4.72 Å².